The first-order valence-corrected chi connectivity index (χ1v) is 9.04. The SMILES string of the molecule is CO[C@@H]1CCN(c2cnc3cn[nH]c3n2)C[C@H]1COc1cccnc1C(F)(F)F. The van der Waals surface area contributed by atoms with E-state index in [9.17, 15) is 13.2 Å². The number of ether oxygens (including phenoxy) is 2. The molecule has 0 aliphatic carbocycles. The quantitative estimate of drug-likeness (QED) is 0.694. The van der Waals surface area contributed by atoms with Gasteiger partial charge in [-0.1, -0.05) is 0 Å². The molecule has 11 heteroatoms. The van der Waals surface area contributed by atoms with E-state index in [1.807, 2.05) is 4.90 Å². The minimum atomic E-state index is -4.58. The van der Waals surface area contributed by atoms with Crippen molar-refractivity contribution in [2.24, 2.45) is 5.92 Å². The monoisotopic (exact) mass is 408 g/mol. The Morgan fingerprint density at radius 1 is 1.28 bits per heavy atom. The van der Waals surface area contributed by atoms with Gasteiger partial charge in [-0.05, 0) is 18.6 Å². The molecule has 1 aliphatic heterocycles. The Kier molecular flexibility index (Phi) is 5.22. The lowest BCUT2D eigenvalue weighted by Crippen LogP contribution is -2.46. The molecule has 4 heterocycles. The highest BCUT2D eigenvalue weighted by Gasteiger charge is 2.37. The zero-order chi connectivity index (χ0) is 20.4. The highest BCUT2D eigenvalue weighted by Crippen LogP contribution is 2.34. The van der Waals surface area contributed by atoms with E-state index in [4.69, 9.17) is 9.47 Å². The van der Waals surface area contributed by atoms with Gasteiger partial charge in [-0.15, -0.1) is 0 Å². The smallest absolute Gasteiger partial charge is 0.437 e. The van der Waals surface area contributed by atoms with E-state index < -0.39 is 11.9 Å². The molecule has 0 aromatic carbocycles. The molecule has 0 spiro atoms. The second kappa shape index (κ2) is 7.82. The maximum atomic E-state index is 13.1. The minimum Gasteiger partial charge on any atom is -0.491 e. The molecule has 1 aliphatic rings. The predicted molar refractivity (Wildman–Crippen MR) is 97.5 cm³/mol. The van der Waals surface area contributed by atoms with Gasteiger partial charge in [0.25, 0.3) is 0 Å². The molecule has 29 heavy (non-hydrogen) atoms. The van der Waals surface area contributed by atoms with Gasteiger partial charge in [0, 0.05) is 32.3 Å². The number of rotatable bonds is 5. The van der Waals surface area contributed by atoms with E-state index in [0.29, 0.717) is 36.5 Å². The van der Waals surface area contributed by atoms with Crippen molar-refractivity contribution in [2.45, 2.75) is 18.7 Å². The molecule has 1 fully saturated rings. The van der Waals surface area contributed by atoms with Crippen LogP contribution in [0.25, 0.3) is 11.2 Å². The Morgan fingerprint density at radius 2 is 2.14 bits per heavy atom. The third-order valence-electron chi connectivity index (χ3n) is 4.93. The maximum Gasteiger partial charge on any atom is 0.437 e. The lowest BCUT2D eigenvalue weighted by atomic mass is 9.95. The van der Waals surface area contributed by atoms with Gasteiger partial charge in [0.15, 0.2) is 11.3 Å². The standard InChI is InChI=1S/C18H19F3N6O2/c1-28-13-4-6-27(15-8-23-12-7-24-26-17(12)25-15)9-11(13)10-29-14-3-2-5-22-16(14)18(19,20)21/h2-3,5,7-8,11,13H,4,6,9-10H2,1H3,(H,24,25,26)/t11-,13+/m0/s1. The van der Waals surface area contributed by atoms with Crippen molar-refractivity contribution in [2.75, 3.05) is 31.7 Å². The first kappa shape index (κ1) is 19.4. The highest BCUT2D eigenvalue weighted by molar-refractivity contribution is 5.70. The Morgan fingerprint density at radius 3 is 2.93 bits per heavy atom. The number of fused-ring (bicyclic) bond motifs is 1. The molecule has 0 amide bonds. The van der Waals surface area contributed by atoms with E-state index in [-0.39, 0.29) is 24.4 Å². The van der Waals surface area contributed by atoms with Gasteiger partial charge in [0.05, 0.1) is 25.1 Å². The number of aromatic nitrogens is 5. The third kappa shape index (κ3) is 4.09. The molecule has 154 valence electrons. The number of H-pyrrole nitrogens is 1. The first-order valence-electron chi connectivity index (χ1n) is 9.04. The second-order valence-corrected chi connectivity index (χ2v) is 6.76. The van der Waals surface area contributed by atoms with Crippen molar-refractivity contribution in [3.8, 4) is 5.75 Å². The van der Waals surface area contributed by atoms with Gasteiger partial charge in [-0.25, -0.2) is 15.0 Å². The van der Waals surface area contributed by atoms with Crippen molar-refractivity contribution >= 4 is 17.0 Å². The van der Waals surface area contributed by atoms with E-state index in [1.165, 1.54) is 12.1 Å². The molecule has 3 aromatic rings. The number of hydrogen-bond donors (Lipinski definition) is 1. The van der Waals surface area contributed by atoms with Crippen molar-refractivity contribution < 1.29 is 22.6 Å². The van der Waals surface area contributed by atoms with E-state index in [1.54, 1.807) is 19.5 Å². The summed E-state index contributed by atoms with van der Waals surface area (Å²) in [5, 5.41) is 6.70. The Balaban J connectivity index is 1.49. The van der Waals surface area contributed by atoms with Crippen LogP contribution < -0.4 is 9.64 Å². The summed E-state index contributed by atoms with van der Waals surface area (Å²) >= 11 is 0. The van der Waals surface area contributed by atoms with Crippen molar-refractivity contribution in [1.82, 2.24) is 25.1 Å². The van der Waals surface area contributed by atoms with Gasteiger partial charge in [-0.2, -0.15) is 18.3 Å². The Labute approximate surface area is 164 Å². The normalized spacial score (nSPS) is 20.2. The molecule has 2 atom stereocenters. The predicted octanol–water partition coefficient (Wildman–Crippen LogP) is 2.69. The van der Waals surface area contributed by atoms with Crippen molar-refractivity contribution in [3.63, 3.8) is 0 Å². The van der Waals surface area contributed by atoms with Crippen LogP contribution in [0.3, 0.4) is 0 Å². The van der Waals surface area contributed by atoms with Crippen LogP contribution >= 0.6 is 0 Å². The summed E-state index contributed by atoms with van der Waals surface area (Å²) < 4.78 is 50.5. The van der Waals surface area contributed by atoms with Crippen LogP contribution in [0.5, 0.6) is 5.75 Å². The zero-order valence-corrected chi connectivity index (χ0v) is 15.6. The number of anilines is 1. The van der Waals surface area contributed by atoms with Crippen LogP contribution in [-0.4, -0.2) is 58.1 Å². The largest absolute Gasteiger partial charge is 0.491 e. The number of methoxy groups -OCH3 is 1. The number of nitrogens with one attached hydrogen (secondary N) is 1. The number of halogens is 3. The average molecular weight is 408 g/mol. The third-order valence-corrected chi connectivity index (χ3v) is 4.93. The molecular weight excluding hydrogens is 389 g/mol. The summed E-state index contributed by atoms with van der Waals surface area (Å²) in [7, 11) is 1.59. The lowest BCUT2D eigenvalue weighted by molar-refractivity contribution is -0.142. The van der Waals surface area contributed by atoms with Gasteiger partial charge in [-0.3, -0.25) is 5.10 Å². The van der Waals surface area contributed by atoms with Gasteiger partial charge >= 0.3 is 6.18 Å². The van der Waals surface area contributed by atoms with Crippen LogP contribution in [-0.2, 0) is 10.9 Å². The molecule has 4 rings (SSSR count). The minimum absolute atomic E-state index is 0.0590. The van der Waals surface area contributed by atoms with Crippen LogP contribution in [0.2, 0.25) is 0 Å². The highest BCUT2D eigenvalue weighted by atomic mass is 19.4. The Hall–Kier alpha value is -2.95. The molecule has 0 radical (unpaired) electrons. The van der Waals surface area contributed by atoms with Gasteiger partial charge in [0.2, 0.25) is 0 Å². The summed E-state index contributed by atoms with van der Waals surface area (Å²) in [6, 6.07) is 2.69. The zero-order valence-electron chi connectivity index (χ0n) is 15.6. The van der Waals surface area contributed by atoms with Gasteiger partial charge < -0.3 is 14.4 Å². The van der Waals surface area contributed by atoms with Crippen molar-refractivity contribution in [1.29, 1.82) is 0 Å². The number of nitrogens with zero attached hydrogens (tertiary/aromatic N) is 5. The lowest BCUT2D eigenvalue weighted by Gasteiger charge is -2.38. The topological polar surface area (TPSA) is 89.1 Å². The summed E-state index contributed by atoms with van der Waals surface area (Å²) in [4.78, 5) is 14.3. The molecular formula is C18H19F3N6O2. The molecule has 0 saturated carbocycles. The number of aromatic amines is 1. The van der Waals surface area contributed by atoms with Crippen LogP contribution in [0.15, 0.2) is 30.7 Å². The van der Waals surface area contributed by atoms with Crippen LogP contribution in [0.1, 0.15) is 12.1 Å². The molecule has 0 bridgehead atoms. The molecule has 8 nitrogen and oxygen atoms in total. The molecule has 0 unspecified atom stereocenters. The van der Waals surface area contributed by atoms with E-state index in [2.05, 4.69) is 25.1 Å². The number of alkyl halides is 3. The number of piperidine rings is 1. The molecule has 3 aromatic heterocycles. The van der Waals surface area contributed by atoms with Gasteiger partial charge in [0.1, 0.15) is 17.1 Å². The van der Waals surface area contributed by atoms with Crippen LogP contribution in [0.4, 0.5) is 19.0 Å². The van der Waals surface area contributed by atoms with Crippen molar-refractivity contribution in [3.05, 3.63) is 36.4 Å². The molecule has 1 saturated heterocycles. The fourth-order valence-electron chi connectivity index (χ4n) is 3.48. The van der Waals surface area contributed by atoms with E-state index >= 15 is 0 Å². The number of pyridine rings is 1. The van der Waals surface area contributed by atoms with E-state index in [0.717, 1.165) is 6.20 Å². The first-order chi connectivity index (χ1) is 14.0. The fourth-order valence-corrected chi connectivity index (χ4v) is 3.48. The summed E-state index contributed by atoms with van der Waals surface area (Å²) in [6.45, 7) is 1.25. The number of hydrogen-bond acceptors (Lipinski definition) is 7. The van der Waals surface area contributed by atoms with Crippen LogP contribution in [0, 0.1) is 5.92 Å². The average Bonchev–Trinajstić information content (AvgIpc) is 3.19. The fraction of sp³-hybridized carbons (Fsp3) is 0.444. The molecule has 1 N–H and O–H groups in total. The summed E-state index contributed by atoms with van der Waals surface area (Å²) in [5.74, 6) is 0.221. The Bertz CT molecular complexity index is 979. The summed E-state index contributed by atoms with van der Waals surface area (Å²) in [6.07, 6.45) is 0.316. The summed E-state index contributed by atoms with van der Waals surface area (Å²) in [5.41, 5.74) is 0.211. The maximum absolute atomic E-state index is 13.1. The second-order valence-electron chi connectivity index (χ2n) is 6.76.